The van der Waals surface area contributed by atoms with E-state index in [0.29, 0.717) is 5.56 Å². The van der Waals surface area contributed by atoms with Gasteiger partial charge in [-0.15, -0.1) is 0 Å². The van der Waals surface area contributed by atoms with Crippen LogP contribution in [-0.4, -0.2) is 11.0 Å². The van der Waals surface area contributed by atoms with Crippen molar-refractivity contribution in [2.75, 3.05) is 0 Å². The van der Waals surface area contributed by atoms with Crippen LogP contribution >= 0.6 is 0 Å². The van der Waals surface area contributed by atoms with E-state index in [2.05, 4.69) is 5.32 Å². The van der Waals surface area contributed by atoms with Gasteiger partial charge in [0.1, 0.15) is 11.6 Å². The third kappa shape index (κ3) is 3.31. The topological polar surface area (TPSA) is 49.3 Å². The molecular weight excluding hydrogens is 245 g/mol. The first-order chi connectivity index (χ1) is 9.06. The molecule has 0 saturated heterocycles. The summed E-state index contributed by atoms with van der Waals surface area (Å²) in [5, 5.41) is 12.3. The molecule has 0 heterocycles. The van der Waals surface area contributed by atoms with Gasteiger partial charge in [-0.25, -0.2) is 4.39 Å². The number of hydrogen-bond donors (Lipinski definition) is 2. The Morgan fingerprint density at radius 2 is 2.05 bits per heavy atom. The van der Waals surface area contributed by atoms with Crippen molar-refractivity contribution < 1.29 is 14.3 Å². The Hall–Kier alpha value is -2.36. The average molecular weight is 259 g/mol. The highest BCUT2D eigenvalue weighted by Gasteiger charge is 2.10. The van der Waals surface area contributed by atoms with E-state index >= 15 is 0 Å². The Morgan fingerprint density at radius 1 is 1.26 bits per heavy atom. The highest BCUT2D eigenvalue weighted by Crippen LogP contribution is 2.18. The molecule has 2 N–H and O–H groups in total. The van der Waals surface area contributed by atoms with E-state index in [1.54, 1.807) is 24.3 Å². The van der Waals surface area contributed by atoms with Gasteiger partial charge >= 0.3 is 0 Å². The van der Waals surface area contributed by atoms with E-state index in [9.17, 15) is 14.3 Å². The van der Waals surface area contributed by atoms with E-state index in [-0.39, 0.29) is 29.6 Å². The number of rotatable bonds is 3. The molecule has 0 atom stereocenters. The summed E-state index contributed by atoms with van der Waals surface area (Å²) in [5.74, 6) is -0.788. The quantitative estimate of drug-likeness (QED) is 0.890. The van der Waals surface area contributed by atoms with Crippen LogP contribution in [0.1, 0.15) is 21.5 Å². The normalized spacial score (nSPS) is 10.2. The molecule has 0 aliphatic heterocycles. The van der Waals surface area contributed by atoms with Gasteiger partial charge in [0.15, 0.2) is 0 Å². The number of aryl methyl sites for hydroxylation is 1. The van der Waals surface area contributed by atoms with Crippen molar-refractivity contribution in [1.29, 1.82) is 0 Å². The number of halogens is 1. The third-order valence-electron chi connectivity index (χ3n) is 2.74. The summed E-state index contributed by atoms with van der Waals surface area (Å²) in [7, 11) is 0. The second-order valence-corrected chi connectivity index (χ2v) is 4.33. The molecule has 0 bridgehead atoms. The molecule has 1 amide bonds. The lowest BCUT2D eigenvalue weighted by atomic mass is 10.1. The number of hydrogen-bond acceptors (Lipinski definition) is 2. The van der Waals surface area contributed by atoms with Crippen LogP contribution in [0.4, 0.5) is 4.39 Å². The van der Waals surface area contributed by atoms with Crippen molar-refractivity contribution >= 4 is 5.91 Å². The molecule has 0 aliphatic rings. The molecule has 0 unspecified atom stereocenters. The standard InChI is InChI=1S/C15H14FNO2/c1-10-5-6-13(14(18)7-10)15(19)17-9-11-3-2-4-12(16)8-11/h2-8,18H,9H2,1H3,(H,17,19). The van der Waals surface area contributed by atoms with Crippen molar-refractivity contribution in [2.45, 2.75) is 13.5 Å². The summed E-state index contributed by atoms with van der Waals surface area (Å²) < 4.78 is 13.0. The smallest absolute Gasteiger partial charge is 0.255 e. The Kier molecular flexibility index (Phi) is 3.80. The fourth-order valence-corrected chi connectivity index (χ4v) is 1.76. The maximum absolute atomic E-state index is 13.0. The van der Waals surface area contributed by atoms with E-state index in [1.807, 2.05) is 6.92 Å². The Labute approximate surface area is 110 Å². The second kappa shape index (κ2) is 5.52. The van der Waals surface area contributed by atoms with Gasteiger partial charge in [-0.05, 0) is 42.3 Å². The zero-order valence-electron chi connectivity index (χ0n) is 10.5. The van der Waals surface area contributed by atoms with Crippen LogP contribution in [0.2, 0.25) is 0 Å². The van der Waals surface area contributed by atoms with Crippen molar-refractivity contribution in [3.8, 4) is 5.75 Å². The molecule has 0 spiro atoms. The maximum atomic E-state index is 13.0. The Balaban J connectivity index is 2.05. The number of phenols is 1. The highest BCUT2D eigenvalue weighted by molar-refractivity contribution is 5.96. The molecule has 0 fully saturated rings. The van der Waals surface area contributed by atoms with E-state index in [1.165, 1.54) is 18.2 Å². The number of carbonyl (C=O) groups excluding carboxylic acids is 1. The molecule has 0 saturated carbocycles. The molecule has 2 aromatic carbocycles. The van der Waals surface area contributed by atoms with Gasteiger partial charge in [-0.2, -0.15) is 0 Å². The van der Waals surface area contributed by atoms with Crippen molar-refractivity contribution in [3.63, 3.8) is 0 Å². The second-order valence-electron chi connectivity index (χ2n) is 4.33. The van der Waals surface area contributed by atoms with Crippen LogP contribution in [0.3, 0.4) is 0 Å². The molecule has 2 aromatic rings. The lowest BCUT2D eigenvalue weighted by Crippen LogP contribution is -2.22. The lowest BCUT2D eigenvalue weighted by molar-refractivity contribution is 0.0948. The minimum Gasteiger partial charge on any atom is -0.507 e. The minimum absolute atomic E-state index is 0.0586. The fourth-order valence-electron chi connectivity index (χ4n) is 1.76. The molecule has 3 nitrogen and oxygen atoms in total. The summed E-state index contributed by atoms with van der Waals surface area (Å²) in [5.41, 5.74) is 1.75. The largest absolute Gasteiger partial charge is 0.507 e. The van der Waals surface area contributed by atoms with Crippen LogP contribution < -0.4 is 5.32 Å². The van der Waals surface area contributed by atoms with E-state index < -0.39 is 0 Å². The van der Waals surface area contributed by atoms with Gasteiger partial charge < -0.3 is 10.4 Å². The summed E-state index contributed by atoms with van der Waals surface area (Å²) in [6, 6.07) is 10.8. The number of phenolic OH excluding ortho intramolecular Hbond substituents is 1. The van der Waals surface area contributed by atoms with Gasteiger partial charge in [0.05, 0.1) is 5.56 Å². The Morgan fingerprint density at radius 3 is 2.74 bits per heavy atom. The van der Waals surface area contributed by atoms with Gasteiger partial charge in [-0.1, -0.05) is 18.2 Å². The number of benzene rings is 2. The minimum atomic E-state index is -0.387. The number of aromatic hydroxyl groups is 1. The van der Waals surface area contributed by atoms with Crippen LogP contribution in [-0.2, 0) is 6.54 Å². The lowest BCUT2D eigenvalue weighted by Gasteiger charge is -2.07. The zero-order chi connectivity index (χ0) is 13.8. The molecule has 0 radical (unpaired) electrons. The monoisotopic (exact) mass is 259 g/mol. The van der Waals surface area contributed by atoms with Gasteiger partial charge in [-0.3, -0.25) is 4.79 Å². The first-order valence-corrected chi connectivity index (χ1v) is 5.88. The average Bonchev–Trinajstić information content (AvgIpc) is 2.36. The van der Waals surface area contributed by atoms with Crippen LogP contribution in [0.25, 0.3) is 0 Å². The molecule has 0 aromatic heterocycles. The van der Waals surface area contributed by atoms with Crippen molar-refractivity contribution in [1.82, 2.24) is 5.32 Å². The molecule has 4 heteroatoms. The predicted molar refractivity (Wildman–Crippen MR) is 70.4 cm³/mol. The van der Waals surface area contributed by atoms with Crippen LogP contribution in [0, 0.1) is 12.7 Å². The third-order valence-corrected chi connectivity index (χ3v) is 2.74. The summed E-state index contributed by atoms with van der Waals surface area (Å²) in [4.78, 5) is 11.9. The molecule has 98 valence electrons. The van der Waals surface area contributed by atoms with Crippen molar-refractivity contribution in [2.24, 2.45) is 0 Å². The zero-order valence-corrected chi connectivity index (χ0v) is 10.5. The number of amides is 1. The van der Waals surface area contributed by atoms with E-state index in [4.69, 9.17) is 0 Å². The van der Waals surface area contributed by atoms with E-state index in [0.717, 1.165) is 5.56 Å². The van der Waals surface area contributed by atoms with Gasteiger partial charge in [0.2, 0.25) is 0 Å². The van der Waals surface area contributed by atoms with Gasteiger partial charge in [0.25, 0.3) is 5.91 Å². The molecule has 2 rings (SSSR count). The summed E-state index contributed by atoms with van der Waals surface area (Å²) in [6.07, 6.45) is 0. The first kappa shape index (κ1) is 13.1. The SMILES string of the molecule is Cc1ccc(C(=O)NCc2cccc(F)c2)c(O)c1. The highest BCUT2D eigenvalue weighted by atomic mass is 19.1. The summed E-state index contributed by atoms with van der Waals surface area (Å²) >= 11 is 0. The fraction of sp³-hybridized carbons (Fsp3) is 0.133. The molecular formula is C15H14FNO2. The predicted octanol–water partition coefficient (Wildman–Crippen LogP) is 2.77. The first-order valence-electron chi connectivity index (χ1n) is 5.88. The molecule has 0 aliphatic carbocycles. The summed E-state index contributed by atoms with van der Waals surface area (Å²) in [6.45, 7) is 2.04. The van der Waals surface area contributed by atoms with Crippen LogP contribution in [0.5, 0.6) is 5.75 Å². The van der Waals surface area contributed by atoms with Gasteiger partial charge in [0, 0.05) is 6.54 Å². The maximum Gasteiger partial charge on any atom is 0.255 e. The van der Waals surface area contributed by atoms with Crippen molar-refractivity contribution in [3.05, 3.63) is 65.0 Å². The Bertz CT molecular complexity index is 611. The number of nitrogens with one attached hydrogen (secondary N) is 1. The molecule has 19 heavy (non-hydrogen) atoms. The number of carbonyl (C=O) groups is 1. The van der Waals surface area contributed by atoms with Crippen LogP contribution in [0.15, 0.2) is 42.5 Å².